The number of hydrogen-bond donors (Lipinski definition) is 1. The van der Waals surface area contributed by atoms with Gasteiger partial charge >= 0.3 is 0 Å². The molecule has 0 saturated carbocycles. The van der Waals surface area contributed by atoms with Gasteiger partial charge in [-0.05, 0) is 40.3 Å². The minimum absolute atomic E-state index is 0.337. The van der Waals surface area contributed by atoms with E-state index >= 15 is 0 Å². The Kier molecular flexibility index (Phi) is 4.38. The topological polar surface area (TPSA) is 24.9 Å². The molecule has 0 fully saturated rings. The van der Waals surface area contributed by atoms with Gasteiger partial charge in [0.25, 0.3) is 0 Å². The quantitative estimate of drug-likeness (QED) is 0.915. The molecule has 2 rings (SSSR count). The molecule has 0 saturated heterocycles. The molecule has 0 aliphatic carbocycles. The summed E-state index contributed by atoms with van der Waals surface area (Å²) in [5.74, 6) is 0. The predicted molar refractivity (Wildman–Crippen MR) is 83.0 cm³/mol. The monoisotopic (exact) mass is 274 g/mol. The van der Waals surface area contributed by atoms with Crippen LogP contribution in [0.1, 0.15) is 38.3 Å². The van der Waals surface area contributed by atoms with Gasteiger partial charge in [0, 0.05) is 17.3 Å². The standard InChI is InChI=1S/C16H22N2S/c1-10-6-11(2)8-14(7-10)15(17-5)9-16-18-12(3)13(4)19-16/h6-8,15,17H,9H2,1-5H3. The van der Waals surface area contributed by atoms with Crippen LogP contribution in [0.25, 0.3) is 0 Å². The Hall–Kier alpha value is -1.19. The molecule has 1 unspecified atom stereocenters. The zero-order chi connectivity index (χ0) is 14.0. The van der Waals surface area contributed by atoms with E-state index in [1.807, 2.05) is 18.4 Å². The van der Waals surface area contributed by atoms with E-state index < -0.39 is 0 Å². The first kappa shape index (κ1) is 14.2. The molecule has 102 valence electrons. The van der Waals surface area contributed by atoms with Crippen molar-refractivity contribution in [2.24, 2.45) is 0 Å². The molecule has 2 aromatic rings. The summed E-state index contributed by atoms with van der Waals surface area (Å²) in [7, 11) is 2.02. The Labute approximate surface area is 119 Å². The minimum atomic E-state index is 0.337. The lowest BCUT2D eigenvalue weighted by atomic mass is 9.99. The Morgan fingerprint density at radius 1 is 1.11 bits per heavy atom. The maximum absolute atomic E-state index is 4.65. The van der Waals surface area contributed by atoms with E-state index in [-0.39, 0.29) is 0 Å². The number of likely N-dealkylation sites (N-methyl/N-ethyl adjacent to an activating group) is 1. The van der Waals surface area contributed by atoms with Gasteiger partial charge in [0.2, 0.25) is 0 Å². The van der Waals surface area contributed by atoms with Crippen molar-refractivity contribution in [3.63, 3.8) is 0 Å². The van der Waals surface area contributed by atoms with Crippen molar-refractivity contribution < 1.29 is 0 Å². The highest BCUT2D eigenvalue weighted by Gasteiger charge is 2.14. The third-order valence-corrected chi connectivity index (χ3v) is 4.54. The van der Waals surface area contributed by atoms with Gasteiger partial charge in [0.05, 0.1) is 10.7 Å². The van der Waals surface area contributed by atoms with Crippen LogP contribution in [-0.4, -0.2) is 12.0 Å². The van der Waals surface area contributed by atoms with E-state index in [0.717, 1.165) is 12.1 Å². The Morgan fingerprint density at radius 2 is 1.74 bits per heavy atom. The van der Waals surface area contributed by atoms with Gasteiger partial charge in [0.15, 0.2) is 0 Å². The maximum atomic E-state index is 4.65. The lowest BCUT2D eigenvalue weighted by Crippen LogP contribution is -2.19. The summed E-state index contributed by atoms with van der Waals surface area (Å²) in [4.78, 5) is 5.97. The molecule has 2 nitrogen and oxygen atoms in total. The fraction of sp³-hybridized carbons (Fsp3) is 0.438. The molecule has 1 aromatic heterocycles. The van der Waals surface area contributed by atoms with Gasteiger partial charge < -0.3 is 5.32 Å². The van der Waals surface area contributed by atoms with Gasteiger partial charge in [0.1, 0.15) is 0 Å². The molecule has 3 heteroatoms. The smallest absolute Gasteiger partial charge is 0.0949 e. The number of aromatic nitrogens is 1. The summed E-state index contributed by atoms with van der Waals surface area (Å²) in [6.45, 7) is 8.53. The largest absolute Gasteiger partial charge is 0.313 e. The number of aryl methyl sites for hydroxylation is 4. The molecule has 0 radical (unpaired) electrons. The number of nitrogens with zero attached hydrogens (tertiary/aromatic N) is 1. The average molecular weight is 274 g/mol. The summed E-state index contributed by atoms with van der Waals surface area (Å²) in [5.41, 5.74) is 5.16. The highest BCUT2D eigenvalue weighted by atomic mass is 32.1. The minimum Gasteiger partial charge on any atom is -0.313 e. The van der Waals surface area contributed by atoms with Crippen molar-refractivity contribution in [2.75, 3.05) is 7.05 Å². The highest BCUT2D eigenvalue weighted by molar-refractivity contribution is 7.11. The number of benzene rings is 1. The third-order valence-electron chi connectivity index (χ3n) is 3.45. The van der Waals surface area contributed by atoms with Gasteiger partial charge in [-0.15, -0.1) is 11.3 Å². The van der Waals surface area contributed by atoms with Crippen LogP contribution in [-0.2, 0) is 6.42 Å². The molecule has 0 bridgehead atoms. The van der Waals surface area contributed by atoms with Crippen LogP contribution in [0.15, 0.2) is 18.2 Å². The van der Waals surface area contributed by atoms with Crippen LogP contribution in [0.2, 0.25) is 0 Å². The van der Waals surface area contributed by atoms with E-state index in [4.69, 9.17) is 0 Å². The van der Waals surface area contributed by atoms with Crippen molar-refractivity contribution in [3.05, 3.63) is 50.5 Å². The normalized spacial score (nSPS) is 12.7. The van der Waals surface area contributed by atoms with Gasteiger partial charge in [-0.3, -0.25) is 0 Å². The van der Waals surface area contributed by atoms with Crippen LogP contribution in [0.5, 0.6) is 0 Å². The number of nitrogens with one attached hydrogen (secondary N) is 1. The van der Waals surface area contributed by atoms with Crippen molar-refractivity contribution >= 4 is 11.3 Å². The average Bonchev–Trinajstić information content (AvgIpc) is 2.64. The SMILES string of the molecule is CNC(Cc1nc(C)c(C)s1)c1cc(C)cc(C)c1. The fourth-order valence-corrected chi connectivity index (χ4v) is 3.38. The zero-order valence-electron chi connectivity index (χ0n) is 12.4. The molecule has 1 atom stereocenters. The second-order valence-corrected chi connectivity index (χ2v) is 6.50. The fourth-order valence-electron chi connectivity index (χ4n) is 2.40. The predicted octanol–water partition coefficient (Wildman–Crippen LogP) is 3.88. The second-order valence-electron chi connectivity index (χ2n) is 5.22. The molecule has 0 aliphatic heterocycles. The summed E-state index contributed by atoms with van der Waals surface area (Å²) in [6.07, 6.45) is 0.957. The van der Waals surface area contributed by atoms with E-state index in [0.29, 0.717) is 6.04 Å². The molecule has 1 heterocycles. The first-order valence-electron chi connectivity index (χ1n) is 6.68. The summed E-state index contributed by atoms with van der Waals surface area (Å²) >= 11 is 1.81. The van der Waals surface area contributed by atoms with Gasteiger partial charge in [-0.2, -0.15) is 0 Å². The molecule has 0 aliphatic rings. The Balaban J connectivity index is 2.24. The van der Waals surface area contributed by atoms with E-state index in [2.05, 4.69) is 56.2 Å². The number of thiazole rings is 1. The molecule has 1 N–H and O–H groups in total. The summed E-state index contributed by atoms with van der Waals surface area (Å²) in [6, 6.07) is 7.08. The van der Waals surface area contributed by atoms with Crippen LogP contribution in [0, 0.1) is 27.7 Å². The molecule has 0 amide bonds. The lowest BCUT2D eigenvalue weighted by Gasteiger charge is -2.16. The number of rotatable bonds is 4. The van der Waals surface area contributed by atoms with E-state index in [1.165, 1.54) is 26.6 Å². The summed E-state index contributed by atoms with van der Waals surface area (Å²) in [5, 5.41) is 4.63. The third kappa shape index (κ3) is 3.43. The molecular formula is C16H22N2S. The van der Waals surface area contributed by atoms with Crippen LogP contribution >= 0.6 is 11.3 Å². The van der Waals surface area contributed by atoms with Crippen molar-refractivity contribution in [1.82, 2.24) is 10.3 Å². The molecule has 19 heavy (non-hydrogen) atoms. The Bertz CT molecular complexity index is 532. The van der Waals surface area contributed by atoms with Crippen molar-refractivity contribution in [3.8, 4) is 0 Å². The van der Waals surface area contributed by atoms with Gasteiger partial charge in [-0.1, -0.05) is 29.3 Å². The highest BCUT2D eigenvalue weighted by Crippen LogP contribution is 2.24. The van der Waals surface area contributed by atoms with Gasteiger partial charge in [-0.25, -0.2) is 4.98 Å². The second kappa shape index (κ2) is 5.85. The van der Waals surface area contributed by atoms with Crippen LogP contribution in [0.3, 0.4) is 0 Å². The molecular weight excluding hydrogens is 252 g/mol. The zero-order valence-corrected chi connectivity index (χ0v) is 13.2. The maximum Gasteiger partial charge on any atom is 0.0949 e. The first-order chi connectivity index (χ1) is 8.99. The molecule has 1 aromatic carbocycles. The first-order valence-corrected chi connectivity index (χ1v) is 7.49. The van der Waals surface area contributed by atoms with Crippen molar-refractivity contribution in [1.29, 1.82) is 0 Å². The molecule has 0 spiro atoms. The van der Waals surface area contributed by atoms with E-state index in [1.54, 1.807) is 0 Å². The number of hydrogen-bond acceptors (Lipinski definition) is 3. The van der Waals surface area contributed by atoms with Crippen LogP contribution in [0.4, 0.5) is 0 Å². The van der Waals surface area contributed by atoms with E-state index in [9.17, 15) is 0 Å². The van der Waals surface area contributed by atoms with Crippen molar-refractivity contribution in [2.45, 2.75) is 40.2 Å². The van der Waals surface area contributed by atoms with Crippen LogP contribution < -0.4 is 5.32 Å². The lowest BCUT2D eigenvalue weighted by molar-refractivity contribution is 0.589. The Morgan fingerprint density at radius 3 is 2.21 bits per heavy atom. The summed E-state index contributed by atoms with van der Waals surface area (Å²) < 4.78 is 0.